The van der Waals surface area contributed by atoms with E-state index in [2.05, 4.69) is 6.92 Å². The number of carbonyl (C=O) groups is 1. The minimum absolute atomic E-state index is 0.265. The van der Waals surface area contributed by atoms with E-state index in [0.717, 1.165) is 36.2 Å². The van der Waals surface area contributed by atoms with Gasteiger partial charge in [0.2, 0.25) is 0 Å². The second-order valence-electron chi connectivity index (χ2n) is 9.82. The average Bonchev–Trinajstić information content (AvgIpc) is 2.87. The number of unbranched alkanes of at least 4 members (excludes halogenated alkanes) is 4. The van der Waals surface area contributed by atoms with Crippen LogP contribution in [0.25, 0.3) is 11.1 Å². The van der Waals surface area contributed by atoms with Crippen LogP contribution in [-0.2, 0) is 0 Å². The Balaban J connectivity index is 1.37. The van der Waals surface area contributed by atoms with E-state index < -0.39 is 5.97 Å². The van der Waals surface area contributed by atoms with Crippen LogP contribution in [-0.4, -0.2) is 24.8 Å². The number of benzene rings is 2. The summed E-state index contributed by atoms with van der Waals surface area (Å²) < 4.78 is 11.2. The molecule has 0 spiro atoms. The van der Waals surface area contributed by atoms with Crippen molar-refractivity contribution in [3.8, 4) is 22.6 Å². The van der Waals surface area contributed by atoms with E-state index in [1.54, 1.807) is 25.3 Å². The average molecular weight is 467 g/mol. The van der Waals surface area contributed by atoms with Crippen LogP contribution in [0.5, 0.6) is 11.5 Å². The van der Waals surface area contributed by atoms with Crippen molar-refractivity contribution in [1.29, 1.82) is 0 Å². The first-order valence-electron chi connectivity index (χ1n) is 13.2. The molecule has 1 aliphatic rings. The Kier molecular flexibility index (Phi) is 10.8. The van der Waals surface area contributed by atoms with Gasteiger partial charge in [0.05, 0.1) is 19.3 Å². The molecule has 2 aromatic rings. The SMILES string of the molecule is CCCCCCCC1CCC(CCCOc2ccc(-c3cc(OC)ccc3C(=O)O)cc2)CC1. The summed E-state index contributed by atoms with van der Waals surface area (Å²) in [6.45, 7) is 3.01. The molecule has 0 aliphatic heterocycles. The fourth-order valence-corrected chi connectivity index (χ4v) is 5.21. The van der Waals surface area contributed by atoms with E-state index in [1.807, 2.05) is 24.3 Å². The lowest BCUT2D eigenvalue weighted by molar-refractivity contribution is 0.0697. The summed E-state index contributed by atoms with van der Waals surface area (Å²) in [5.41, 5.74) is 1.75. The molecule has 4 nitrogen and oxygen atoms in total. The highest BCUT2D eigenvalue weighted by atomic mass is 16.5. The molecule has 1 N–H and O–H groups in total. The van der Waals surface area contributed by atoms with Crippen LogP contribution in [0.1, 0.15) is 94.3 Å². The molecule has 0 saturated heterocycles. The molecule has 186 valence electrons. The highest BCUT2D eigenvalue weighted by Crippen LogP contribution is 2.34. The van der Waals surface area contributed by atoms with Gasteiger partial charge in [-0.2, -0.15) is 0 Å². The summed E-state index contributed by atoms with van der Waals surface area (Å²) >= 11 is 0. The topological polar surface area (TPSA) is 55.8 Å². The molecule has 0 bridgehead atoms. The van der Waals surface area contributed by atoms with Crippen molar-refractivity contribution in [2.45, 2.75) is 84.0 Å². The maximum atomic E-state index is 11.6. The lowest BCUT2D eigenvalue weighted by Gasteiger charge is -2.28. The van der Waals surface area contributed by atoms with E-state index in [9.17, 15) is 9.90 Å². The quantitative estimate of drug-likeness (QED) is 0.284. The Morgan fingerprint density at radius 1 is 0.853 bits per heavy atom. The third kappa shape index (κ3) is 8.07. The van der Waals surface area contributed by atoms with E-state index >= 15 is 0 Å². The molecule has 3 rings (SSSR count). The predicted octanol–water partition coefficient (Wildman–Crippen LogP) is 8.39. The first-order valence-corrected chi connectivity index (χ1v) is 13.2. The molecule has 2 aromatic carbocycles. The highest BCUT2D eigenvalue weighted by Gasteiger charge is 2.20. The summed E-state index contributed by atoms with van der Waals surface area (Å²) in [5.74, 6) is 2.36. The largest absolute Gasteiger partial charge is 0.497 e. The maximum Gasteiger partial charge on any atom is 0.336 e. The monoisotopic (exact) mass is 466 g/mol. The van der Waals surface area contributed by atoms with Gasteiger partial charge in [0.25, 0.3) is 0 Å². The molecule has 0 unspecified atom stereocenters. The molecule has 1 aliphatic carbocycles. The van der Waals surface area contributed by atoms with Gasteiger partial charge < -0.3 is 14.6 Å². The van der Waals surface area contributed by atoms with Gasteiger partial charge in [-0.1, -0.05) is 83.3 Å². The van der Waals surface area contributed by atoms with Crippen molar-refractivity contribution in [3.63, 3.8) is 0 Å². The number of methoxy groups -OCH3 is 1. The maximum absolute atomic E-state index is 11.6. The fourth-order valence-electron chi connectivity index (χ4n) is 5.21. The summed E-state index contributed by atoms with van der Waals surface area (Å²) in [6, 6.07) is 12.7. The molecule has 0 aromatic heterocycles. The Hall–Kier alpha value is -2.49. The van der Waals surface area contributed by atoms with Gasteiger partial charge in [0, 0.05) is 0 Å². The van der Waals surface area contributed by atoms with Gasteiger partial charge in [-0.15, -0.1) is 0 Å². The number of carboxylic acids is 1. The smallest absolute Gasteiger partial charge is 0.336 e. The third-order valence-corrected chi connectivity index (χ3v) is 7.33. The Morgan fingerprint density at radius 2 is 1.47 bits per heavy atom. The van der Waals surface area contributed by atoms with E-state index in [4.69, 9.17) is 9.47 Å². The van der Waals surface area contributed by atoms with Crippen molar-refractivity contribution < 1.29 is 19.4 Å². The Bertz CT molecular complexity index is 866. The summed E-state index contributed by atoms with van der Waals surface area (Å²) in [7, 11) is 1.58. The zero-order valence-electron chi connectivity index (χ0n) is 21.1. The molecular weight excluding hydrogens is 424 g/mol. The van der Waals surface area contributed by atoms with E-state index in [1.165, 1.54) is 70.6 Å². The second-order valence-corrected chi connectivity index (χ2v) is 9.82. The van der Waals surface area contributed by atoms with Crippen LogP contribution in [0, 0.1) is 11.8 Å². The van der Waals surface area contributed by atoms with Crippen LogP contribution in [0.2, 0.25) is 0 Å². The first kappa shape index (κ1) is 26.1. The van der Waals surface area contributed by atoms with Crippen LogP contribution in [0.15, 0.2) is 42.5 Å². The molecule has 34 heavy (non-hydrogen) atoms. The zero-order chi connectivity index (χ0) is 24.2. The normalized spacial score (nSPS) is 17.9. The Labute approximate surface area is 205 Å². The second kappa shape index (κ2) is 14.0. The molecule has 1 fully saturated rings. The molecule has 0 amide bonds. The standard InChI is InChI=1S/C30H42O4/c1-3-4-5-6-7-9-23-11-13-24(14-12-23)10-8-21-34-26-17-15-25(16-18-26)29-22-27(33-2)19-20-28(29)30(31)32/h15-20,22-24H,3-14,21H2,1-2H3,(H,31,32). The minimum Gasteiger partial charge on any atom is -0.497 e. The van der Waals surface area contributed by atoms with Gasteiger partial charge in [0.1, 0.15) is 11.5 Å². The van der Waals surface area contributed by atoms with Crippen LogP contribution in [0.4, 0.5) is 0 Å². The number of ether oxygens (including phenoxy) is 2. The molecule has 0 atom stereocenters. The van der Waals surface area contributed by atoms with Gasteiger partial charge >= 0.3 is 5.97 Å². The molecule has 4 heteroatoms. The van der Waals surface area contributed by atoms with Crippen molar-refractivity contribution in [2.24, 2.45) is 11.8 Å². The van der Waals surface area contributed by atoms with E-state index in [0.29, 0.717) is 11.3 Å². The van der Waals surface area contributed by atoms with Gasteiger partial charge in [-0.25, -0.2) is 4.79 Å². The number of hydrogen-bond acceptors (Lipinski definition) is 3. The molecule has 0 radical (unpaired) electrons. The number of aromatic carboxylic acids is 1. The summed E-state index contributed by atoms with van der Waals surface area (Å²) in [5, 5.41) is 9.51. The van der Waals surface area contributed by atoms with Gasteiger partial charge in [0.15, 0.2) is 0 Å². The zero-order valence-corrected chi connectivity index (χ0v) is 21.1. The fraction of sp³-hybridized carbons (Fsp3) is 0.567. The van der Waals surface area contributed by atoms with Crippen LogP contribution < -0.4 is 9.47 Å². The Morgan fingerprint density at radius 3 is 2.09 bits per heavy atom. The number of hydrogen-bond donors (Lipinski definition) is 1. The lowest BCUT2D eigenvalue weighted by Crippen LogP contribution is -2.15. The van der Waals surface area contributed by atoms with Crippen molar-refractivity contribution >= 4 is 5.97 Å². The minimum atomic E-state index is -0.945. The van der Waals surface area contributed by atoms with Crippen molar-refractivity contribution in [2.75, 3.05) is 13.7 Å². The number of carboxylic acid groups (broad SMARTS) is 1. The predicted molar refractivity (Wildman–Crippen MR) is 139 cm³/mol. The lowest BCUT2D eigenvalue weighted by atomic mass is 9.78. The molecule has 0 heterocycles. The van der Waals surface area contributed by atoms with Gasteiger partial charge in [-0.05, 0) is 66.1 Å². The van der Waals surface area contributed by atoms with E-state index in [-0.39, 0.29) is 5.56 Å². The van der Waals surface area contributed by atoms with Crippen molar-refractivity contribution in [1.82, 2.24) is 0 Å². The molecular formula is C30H42O4. The van der Waals surface area contributed by atoms with Gasteiger partial charge in [-0.3, -0.25) is 0 Å². The number of rotatable bonds is 14. The first-order chi connectivity index (χ1) is 16.6. The van der Waals surface area contributed by atoms with Crippen LogP contribution in [0.3, 0.4) is 0 Å². The summed E-state index contributed by atoms with van der Waals surface area (Å²) in [4.78, 5) is 11.6. The molecule has 1 saturated carbocycles. The van der Waals surface area contributed by atoms with Crippen molar-refractivity contribution in [3.05, 3.63) is 48.0 Å². The summed E-state index contributed by atoms with van der Waals surface area (Å²) in [6.07, 6.45) is 16.4. The van der Waals surface area contributed by atoms with Crippen LogP contribution >= 0.6 is 0 Å². The third-order valence-electron chi connectivity index (χ3n) is 7.33. The highest BCUT2D eigenvalue weighted by molar-refractivity contribution is 5.96.